The zero-order valence-corrected chi connectivity index (χ0v) is 26.1. The molecule has 9 nitrogen and oxygen atoms in total. The molecule has 0 radical (unpaired) electrons. The van der Waals surface area contributed by atoms with Crippen molar-refractivity contribution >= 4 is 50.2 Å². The van der Waals surface area contributed by atoms with Crippen molar-refractivity contribution in [1.82, 2.24) is 15.3 Å². The largest absolute Gasteiger partial charge is 0.494 e. The van der Waals surface area contributed by atoms with Crippen molar-refractivity contribution in [2.45, 2.75) is 31.0 Å². The Morgan fingerprint density at radius 2 is 1.93 bits per heavy atom. The Bertz CT molecular complexity index is 1890. The van der Waals surface area contributed by atoms with Crippen LogP contribution in [0.4, 0.5) is 17.6 Å². The van der Waals surface area contributed by atoms with E-state index in [9.17, 15) is 32.3 Å². The summed E-state index contributed by atoms with van der Waals surface area (Å²) in [7, 11) is 1.35. The number of halogens is 6. The van der Waals surface area contributed by atoms with E-state index in [4.69, 9.17) is 26.8 Å². The zero-order chi connectivity index (χ0) is 33.1. The number of primary amides is 1. The van der Waals surface area contributed by atoms with Crippen LogP contribution >= 0.6 is 27.5 Å². The monoisotopic (exact) mass is 710 g/mol. The molecule has 0 saturated heterocycles. The van der Waals surface area contributed by atoms with Crippen molar-refractivity contribution in [2.75, 3.05) is 20.3 Å². The van der Waals surface area contributed by atoms with Crippen molar-refractivity contribution in [2.24, 2.45) is 5.73 Å². The lowest BCUT2D eigenvalue weighted by Crippen LogP contribution is -2.51. The number of ether oxygens (including phenoxy) is 2. The minimum Gasteiger partial charge on any atom is -0.494 e. The van der Waals surface area contributed by atoms with Crippen LogP contribution in [0.5, 0.6) is 11.5 Å². The van der Waals surface area contributed by atoms with E-state index in [1.54, 1.807) is 13.0 Å². The highest BCUT2D eigenvalue weighted by molar-refractivity contribution is 9.10. The Morgan fingerprint density at radius 3 is 2.58 bits per heavy atom. The lowest BCUT2D eigenvalue weighted by Gasteiger charge is -2.31. The number of nitrogens with one attached hydrogen (secondary N) is 1. The molecule has 15 heteroatoms. The Morgan fingerprint density at radius 1 is 1.22 bits per heavy atom. The Kier molecular flexibility index (Phi) is 8.21. The average Bonchev–Trinajstić information content (AvgIpc) is 3.34. The van der Waals surface area contributed by atoms with E-state index in [0.717, 1.165) is 12.1 Å². The van der Waals surface area contributed by atoms with Gasteiger partial charge >= 0.3 is 6.18 Å². The molecule has 0 bridgehead atoms. The summed E-state index contributed by atoms with van der Waals surface area (Å²) < 4.78 is 70.3. The number of amides is 2. The SMILES string of the molecule is COc1cc(C(=O)NC[C@](O)(c2cc3c(c(-c4cccc(F)c4Cl)n2)OC[C@]3(C)C(N)=O)C(F)(F)F)cc2cc(Br)c(C)nc12. The van der Waals surface area contributed by atoms with Gasteiger partial charge in [-0.15, -0.1) is 0 Å². The van der Waals surface area contributed by atoms with Gasteiger partial charge in [0.2, 0.25) is 11.5 Å². The molecular weight excluding hydrogens is 688 g/mol. The first-order valence-corrected chi connectivity index (χ1v) is 14.3. The van der Waals surface area contributed by atoms with Crippen LogP contribution in [0.1, 0.15) is 34.2 Å². The molecule has 2 amide bonds. The number of fused-ring (bicyclic) bond motifs is 2. The first-order chi connectivity index (χ1) is 21.0. The van der Waals surface area contributed by atoms with Gasteiger partial charge in [0, 0.05) is 26.5 Å². The summed E-state index contributed by atoms with van der Waals surface area (Å²) in [5.41, 5.74) is -0.525. The Hall–Kier alpha value is -4.01. The van der Waals surface area contributed by atoms with Gasteiger partial charge in [0.1, 0.15) is 40.5 Å². The predicted molar refractivity (Wildman–Crippen MR) is 160 cm³/mol. The molecule has 2 atom stereocenters. The third kappa shape index (κ3) is 5.44. The third-order valence-electron chi connectivity index (χ3n) is 7.71. The van der Waals surface area contributed by atoms with Crippen LogP contribution in [0, 0.1) is 12.7 Å². The summed E-state index contributed by atoms with van der Waals surface area (Å²) in [4.78, 5) is 34.1. The molecule has 3 heterocycles. The van der Waals surface area contributed by atoms with Gasteiger partial charge in [0.05, 0.1) is 30.1 Å². The lowest BCUT2D eigenvalue weighted by molar-refractivity contribution is -0.265. The van der Waals surface area contributed by atoms with E-state index in [-0.39, 0.29) is 40.5 Å². The van der Waals surface area contributed by atoms with Crippen LogP contribution in [-0.2, 0) is 15.8 Å². The number of carbonyl (C=O) groups is 2. The molecule has 4 aromatic rings. The summed E-state index contributed by atoms with van der Waals surface area (Å²) in [6, 6.07) is 8.80. The van der Waals surface area contributed by atoms with Gasteiger partial charge in [0.15, 0.2) is 0 Å². The third-order valence-corrected chi connectivity index (χ3v) is 8.90. The van der Waals surface area contributed by atoms with E-state index >= 15 is 0 Å². The van der Waals surface area contributed by atoms with Crippen molar-refractivity contribution in [3.63, 3.8) is 0 Å². The fourth-order valence-electron chi connectivity index (χ4n) is 4.92. The highest BCUT2D eigenvalue weighted by atomic mass is 79.9. The van der Waals surface area contributed by atoms with Crippen LogP contribution in [-0.4, -0.2) is 53.3 Å². The summed E-state index contributed by atoms with van der Waals surface area (Å²) in [6.45, 7) is 1.33. The molecule has 0 unspecified atom stereocenters. The lowest BCUT2D eigenvalue weighted by atomic mass is 9.81. The van der Waals surface area contributed by atoms with Gasteiger partial charge in [-0.05, 0) is 60.1 Å². The first kappa shape index (κ1) is 32.4. The number of methoxy groups -OCH3 is 1. The van der Waals surface area contributed by atoms with Crippen molar-refractivity contribution in [3.8, 4) is 22.8 Å². The minimum absolute atomic E-state index is 0.0784. The normalized spacial score (nSPS) is 17.4. The van der Waals surface area contributed by atoms with Crippen molar-refractivity contribution in [1.29, 1.82) is 0 Å². The van der Waals surface area contributed by atoms with Gasteiger partial charge < -0.3 is 25.6 Å². The summed E-state index contributed by atoms with van der Waals surface area (Å²) in [6.07, 6.45) is -5.42. The van der Waals surface area contributed by atoms with Crippen LogP contribution < -0.4 is 20.5 Å². The number of nitrogens with zero attached hydrogens (tertiary/aromatic N) is 2. The smallest absolute Gasteiger partial charge is 0.424 e. The molecule has 0 fully saturated rings. The molecule has 0 spiro atoms. The number of pyridine rings is 2. The molecule has 1 aliphatic rings. The van der Waals surface area contributed by atoms with Crippen molar-refractivity contribution < 1.29 is 41.7 Å². The molecule has 4 N–H and O–H groups in total. The first-order valence-electron chi connectivity index (χ1n) is 13.2. The molecule has 2 aromatic heterocycles. The molecule has 0 saturated carbocycles. The average molecular weight is 712 g/mol. The summed E-state index contributed by atoms with van der Waals surface area (Å²) >= 11 is 9.52. The van der Waals surface area contributed by atoms with Gasteiger partial charge in [0.25, 0.3) is 5.91 Å². The topological polar surface area (TPSA) is 137 Å². The maximum Gasteiger partial charge on any atom is 0.424 e. The standard InChI is InChI=1S/C30H24BrClF4N4O5/c1-13-18(31)8-14-7-15(9-20(44-3)23(14)39-13)26(41)38-11-29(43,30(34,35)36)21-10-17-25(45-12-28(17,2)27(37)42)24(40-21)16-5-4-6-19(33)22(16)32/h4-10,43H,11-12H2,1-3H3,(H2,37,42)(H,38,41)/t28-,29-/m0/s1. The summed E-state index contributed by atoms with van der Waals surface area (Å²) in [5, 5.41) is 13.4. The van der Waals surface area contributed by atoms with Gasteiger partial charge in [-0.2, -0.15) is 13.2 Å². The maximum absolute atomic E-state index is 14.7. The number of aryl methyl sites for hydroxylation is 1. The van der Waals surface area contributed by atoms with E-state index in [1.807, 2.05) is 0 Å². The molecule has 45 heavy (non-hydrogen) atoms. The zero-order valence-electron chi connectivity index (χ0n) is 23.8. The van der Waals surface area contributed by atoms with Gasteiger partial charge in [-0.25, -0.2) is 14.4 Å². The number of nitrogens with two attached hydrogens (primary N) is 1. The van der Waals surface area contributed by atoms with Gasteiger partial charge in [-0.1, -0.05) is 23.7 Å². The van der Waals surface area contributed by atoms with Crippen molar-refractivity contribution in [3.05, 3.63) is 80.3 Å². The fraction of sp³-hybridized carbons (Fsp3) is 0.267. The number of carbonyl (C=O) groups excluding carboxylic acids is 2. The Labute approximate surface area is 266 Å². The number of rotatable bonds is 7. The van der Waals surface area contributed by atoms with Crippen LogP contribution in [0.3, 0.4) is 0 Å². The molecule has 5 rings (SSSR count). The van der Waals surface area contributed by atoms with E-state index < -0.39 is 52.1 Å². The number of alkyl halides is 3. The number of aromatic nitrogens is 2. The van der Waals surface area contributed by atoms with Gasteiger partial charge in [-0.3, -0.25) is 9.59 Å². The predicted octanol–water partition coefficient (Wildman–Crippen LogP) is 5.48. The fourth-order valence-corrected chi connectivity index (χ4v) is 5.47. The van der Waals surface area contributed by atoms with Crippen LogP contribution in [0.2, 0.25) is 5.02 Å². The molecule has 2 aromatic carbocycles. The molecule has 1 aliphatic heterocycles. The molecular formula is C30H24BrClF4N4O5. The highest BCUT2D eigenvalue weighted by Crippen LogP contribution is 2.49. The van der Waals surface area contributed by atoms with Crippen LogP contribution in [0.15, 0.2) is 46.9 Å². The maximum atomic E-state index is 14.7. The van der Waals surface area contributed by atoms with E-state index in [1.165, 1.54) is 38.3 Å². The number of hydrogen-bond donors (Lipinski definition) is 3. The Balaban J connectivity index is 1.62. The quantitative estimate of drug-likeness (QED) is 0.216. The summed E-state index contributed by atoms with van der Waals surface area (Å²) in [5.74, 6) is -2.76. The molecule has 236 valence electrons. The number of benzene rings is 2. The number of aliphatic hydroxyl groups is 1. The van der Waals surface area contributed by atoms with Crippen LogP contribution in [0.25, 0.3) is 22.2 Å². The highest BCUT2D eigenvalue weighted by Gasteiger charge is 2.57. The van der Waals surface area contributed by atoms with E-state index in [0.29, 0.717) is 21.1 Å². The minimum atomic E-state index is -5.42. The van der Waals surface area contributed by atoms with E-state index in [2.05, 4.69) is 31.2 Å². The molecule has 0 aliphatic carbocycles. The second-order valence-electron chi connectivity index (χ2n) is 10.7. The second-order valence-corrected chi connectivity index (χ2v) is 11.9. The number of hydrogen-bond acceptors (Lipinski definition) is 7. The second kappa shape index (κ2) is 11.4.